The highest BCUT2D eigenvalue weighted by Crippen LogP contribution is 2.38. The molecule has 1 aliphatic carbocycles. The zero-order valence-corrected chi connectivity index (χ0v) is 15.9. The van der Waals surface area contributed by atoms with Crippen molar-refractivity contribution in [2.24, 2.45) is 5.92 Å². The van der Waals surface area contributed by atoms with Crippen LogP contribution in [-0.2, 0) is 16.1 Å². The van der Waals surface area contributed by atoms with Crippen molar-refractivity contribution in [3.8, 4) is 0 Å². The summed E-state index contributed by atoms with van der Waals surface area (Å²) in [5.41, 5.74) is 2.44. The molecule has 1 saturated heterocycles. The van der Waals surface area contributed by atoms with Crippen molar-refractivity contribution in [2.45, 2.75) is 50.7 Å². The quantitative estimate of drug-likeness (QED) is 0.692. The van der Waals surface area contributed by atoms with E-state index in [-0.39, 0.29) is 18.0 Å². The Morgan fingerprint density at radius 2 is 1.63 bits per heavy atom. The number of carbonyl (C=O) groups is 1. The van der Waals surface area contributed by atoms with Crippen LogP contribution in [0.5, 0.6) is 0 Å². The Hall–Kier alpha value is -2.13. The fraction of sp³-hybridized carbons (Fsp3) is 0.458. The van der Waals surface area contributed by atoms with E-state index >= 15 is 0 Å². The molecular weight excluding hydrogens is 334 g/mol. The number of nitrogens with zero attached hydrogens (tertiary/aromatic N) is 1. The van der Waals surface area contributed by atoms with E-state index in [1.54, 1.807) is 0 Å². The van der Waals surface area contributed by atoms with Crippen molar-refractivity contribution in [2.75, 3.05) is 13.1 Å². The number of carbonyl (C=O) groups excluding carboxylic acids is 1. The lowest BCUT2D eigenvalue weighted by molar-refractivity contribution is -0.151. The molecule has 0 radical (unpaired) electrons. The molecule has 0 spiro atoms. The number of esters is 1. The van der Waals surface area contributed by atoms with E-state index < -0.39 is 0 Å². The van der Waals surface area contributed by atoms with Gasteiger partial charge in [-0.05, 0) is 36.3 Å². The minimum atomic E-state index is -0.100. The molecule has 2 atom stereocenters. The molecule has 0 bridgehead atoms. The first kappa shape index (κ1) is 18.2. The third-order valence-electron chi connectivity index (χ3n) is 6.04. The van der Waals surface area contributed by atoms with E-state index in [1.165, 1.54) is 18.4 Å². The third kappa shape index (κ3) is 4.59. The van der Waals surface area contributed by atoms with Crippen LogP contribution in [0.2, 0.25) is 0 Å². The van der Waals surface area contributed by atoms with Crippen LogP contribution in [0.4, 0.5) is 0 Å². The predicted octanol–water partition coefficient (Wildman–Crippen LogP) is 4.78. The zero-order valence-electron chi connectivity index (χ0n) is 15.9. The molecule has 0 N–H and O–H groups in total. The first-order valence-electron chi connectivity index (χ1n) is 10.3. The number of benzene rings is 2. The lowest BCUT2D eigenvalue weighted by Crippen LogP contribution is -2.29. The van der Waals surface area contributed by atoms with Gasteiger partial charge in [0.1, 0.15) is 6.10 Å². The SMILES string of the molecule is O=C(OC1CCN(Cc2ccccc2)C1)C(c1ccccc1)C1CCCC1. The van der Waals surface area contributed by atoms with Crippen LogP contribution in [0, 0.1) is 5.92 Å². The average molecular weight is 364 g/mol. The Balaban J connectivity index is 1.38. The summed E-state index contributed by atoms with van der Waals surface area (Å²) in [6.07, 6.45) is 5.70. The molecule has 142 valence electrons. The molecule has 4 rings (SSSR count). The van der Waals surface area contributed by atoms with Crippen LogP contribution < -0.4 is 0 Å². The van der Waals surface area contributed by atoms with Crippen LogP contribution in [0.25, 0.3) is 0 Å². The average Bonchev–Trinajstić information content (AvgIpc) is 3.36. The van der Waals surface area contributed by atoms with Gasteiger partial charge in [-0.15, -0.1) is 0 Å². The second-order valence-corrected chi connectivity index (χ2v) is 8.00. The second kappa shape index (κ2) is 8.71. The van der Waals surface area contributed by atoms with Gasteiger partial charge in [0.15, 0.2) is 0 Å². The molecule has 0 aromatic heterocycles. The van der Waals surface area contributed by atoms with E-state index in [9.17, 15) is 4.79 Å². The maximum absolute atomic E-state index is 13.1. The summed E-state index contributed by atoms with van der Waals surface area (Å²) in [7, 11) is 0. The Labute approximate surface area is 162 Å². The minimum absolute atomic E-state index is 0.0142. The molecule has 1 heterocycles. The molecule has 2 unspecified atom stereocenters. The van der Waals surface area contributed by atoms with Crippen molar-refractivity contribution < 1.29 is 9.53 Å². The first-order valence-corrected chi connectivity index (χ1v) is 10.3. The van der Waals surface area contributed by atoms with Crippen LogP contribution >= 0.6 is 0 Å². The van der Waals surface area contributed by atoms with Crippen molar-refractivity contribution in [1.29, 1.82) is 0 Å². The highest BCUT2D eigenvalue weighted by Gasteiger charge is 2.35. The summed E-state index contributed by atoms with van der Waals surface area (Å²) in [5, 5.41) is 0. The molecule has 1 saturated carbocycles. The van der Waals surface area contributed by atoms with E-state index in [0.29, 0.717) is 5.92 Å². The highest BCUT2D eigenvalue weighted by molar-refractivity contribution is 5.78. The first-order chi connectivity index (χ1) is 13.3. The summed E-state index contributed by atoms with van der Waals surface area (Å²) in [6.45, 7) is 2.76. The normalized spacial score (nSPS) is 22.0. The van der Waals surface area contributed by atoms with Crippen LogP contribution in [0.1, 0.15) is 49.1 Å². The van der Waals surface area contributed by atoms with Gasteiger partial charge < -0.3 is 4.74 Å². The molecule has 2 aromatic carbocycles. The lowest BCUT2D eigenvalue weighted by atomic mass is 9.85. The summed E-state index contributed by atoms with van der Waals surface area (Å²) >= 11 is 0. The van der Waals surface area contributed by atoms with Gasteiger partial charge in [0.05, 0.1) is 5.92 Å². The number of rotatable bonds is 6. The van der Waals surface area contributed by atoms with E-state index in [4.69, 9.17) is 4.74 Å². The Kier molecular flexibility index (Phi) is 5.88. The molecular formula is C24H29NO2. The van der Waals surface area contributed by atoms with Gasteiger partial charge in [-0.2, -0.15) is 0 Å². The summed E-state index contributed by atoms with van der Waals surface area (Å²) in [6, 6.07) is 20.8. The molecule has 3 nitrogen and oxygen atoms in total. The van der Waals surface area contributed by atoms with Crippen molar-refractivity contribution >= 4 is 5.97 Å². The molecule has 1 aliphatic heterocycles. The number of likely N-dealkylation sites (tertiary alicyclic amines) is 1. The van der Waals surface area contributed by atoms with Gasteiger partial charge in [-0.1, -0.05) is 73.5 Å². The third-order valence-corrected chi connectivity index (χ3v) is 6.04. The van der Waals surface area contributed by atoms with E-state index in [1.807, 2.05) is 24.3 Å². The van der Waals surface area contributed by atoms with E-state index in [2.05, 4.69) is 41.3 Å². The Morgan fingerprint density at radius 3 is 2.33 bits per heavy atom. The van der Waals surface area contributed by atoms with Crippen LogP contribution in [-0.4, -0.2) is 30.1 Å². The number of ether oxygens (including phenoxy) is 1. The van der Waals surface area contributed by atoms with Crippen molar-refractivity contribution in [3.05, 3.63) is 71.8 Å². The minimum Gasteiger partial charge on any atom is -0.460 e. The summed E-state index contributed by atoms with van der Waals surface area (Å²) in [4.78, 5) is 15.5. The summed E-state index contributed by atoms with van der Waals surface area (Å²) < 4.78 is 6.03. The maximum Gasteiger partial charge on any atom is 0.314 e. The van der Waals surface area contributed by atoms with E-state index in [0.717, 1.165) is 44.5 Å². The van der Waals surface area contributed by atoms with Gasteiger partial charge in [0, 0.05) is 19.6 Å². The highest BCUT2D eigenvalue weighted by atomic mass is 16.5. The largest absolute Gasteiger partial charge is 0.460 e. The van der Waals surface area contributed by atoms with Crippen LogP contribution in [0.3, 0.4) is 0 Å². The van der Waals surface area contributed by atoms with Gasteiger partial charge >= 0.3 is 5.97 Å². The Bertz CT molecular complexity index is 725. The second-order valence-electron chi connectivity index (χ2n) is 8.00. The summed E-state index contributed by atoms with van der Waals surface area (Å²) in [5.74, 6) is 0.318. The van der Waals surface area contributed by atoms with Gasteiger partial charge in [0.2, 0.25) is 0 Å². The molecule has 2 fully saturated rings. The van der Waals surface area contributed by atoms with Gasteiger partial charge in [-0.3, -0.25) is 9.69 Å². The molecule has 2 aliphatic rings. The number of hydrogen-bond donors (Lipinski definition) is 0. The lowest BCUT2D eigenvalue weighted by Gasteiger charge is -2.24. The van der Waals surface area contributed by atoms with Gasteiger partial charge in [0.25, 0.3) is 0 Å². The maximum atomic E-state index is 13.1. The van der Waals surface area contributed by atoms with Crippen molar-refractivity contribution in [3.63, 3.8) is 0 Å². The zero-order chi connectivity index (χ0) is 18.5. The number of hydrogen-bond acceptors (Lipinski definition) is 3. The predicted molar refractivity (Wildman–Crippen MR) is 107 cm³/mol. The van der Waals surface area contributed by atoms with Gasteiger partial charge in [-0.25, -0.2) is 0 Å². The smallest absolute Gasteiger partial charge is 0.314 e. The standard InChI is InChI=1S/C24H29NO2/c26-24(23(21-13-7-8-14-21)20-11-5-2-6-12-20)27-22-15-16-25(18-22)17-19-9-3-1-4-10-19/h1-6,9-12,21-23H,7-8,13-18H2. The molecule has 3 heteroatoms. The topological polar surface area (TPSA) is 29.5 Å². The molecule has 2 aromatic rings. The van der Waals surface area contributed by atoms with Crippen LogP contribution in [0.15, 0.2) is 60.7 Å². The fourth-order valence-corrected chi connectivity index (χ4v) is 4.67. The monoisotopic (exact) mass is 363 g/mol. The molecule has 0 amide bonds. The Morgan fingerprint density at radius 1 is 0.963 bits per heavy atom. The molecule has 27 heavy (non-hydrogen) atoms. The van der Waals surface area contributed by atoms with Crippen molar-refractivity contribution in [1.82, 2.24) is 4.90 Å². The fourth-order valence-electron chi connectivity index (χ4n) is 4.67.